The van der Waals surface area contributed by atoms with E-state index in [1.54, 1.807) is 0 Å². The predicted octanol–water partition coefficient (Wildman–Crippen LogP) is 2.88. The summed E-state index contributed by atoms with van der Waals surface area (Å²) < 4.78 is 11.7. The van der Waals surface area contributed by atoms with E-state index in [-0.39, 0.29) is 6.29 Å². The van der Waals surface area contributed by atoms with Crippen molar-refractivity contribution in [2.24, 2.45) is 11.8 Å². The molecule has 2 aliphatic carbocycles. The molecule has 4 atom stereocenters. The summed E-state index contributed by atoms with van der Waals surface area (Å²) in [6, 6.07) is 0. The van der Waals surface area contributed by atoms with Gasteiger partial charge in [-0.15, -0.1) is 0 Å². The van der Waals surface area contributed by atoms with E-state index in [1.165, 1.54) is 32.1 Å². The van der Waals surface area contributed by atoms with Crippen LogP contribution in [0, 0.1) is 11.8 Å². The SMILES string of the molecule is C1=CC2CC(OC3CCCCO3)CC2C1. The number of rotatable bonds is 2. The smallest absolute Gasteiger partial charge is 0.157 e. The summed E-state index contributed by atoms with van der Waals surface area (Å²) in [5, 5.41) is 0. The van der Waals surface area contributed by atoms with Crippen molar-refractivity contribution in [3.05, 3.63) is 12.2 Å². The van der Waals surface area contributed by atoms with Crippen LogP contribution in [0.15, 0.2) is 12.2 Å². The van der Waals surface area contributed by atoms with E-state index < -0.39 is 0 Å². The summed E-state index contributed by atoms with van der Waals surface area (Å²) in [4.78, 5) is 0. The van der Waals surface area contributed by atoms with E-state index in [0.29, 0.717) is 6.10 Å². The van der Waals surface area contributed by atoms with Crippen LogP contribution >= 0.6 is 0 Å². The molecule has 1 saturated carbocycles. The van der Waals surface area contributed by atoms with Crippen molar-refractivity contribution >= 4 is 0 Å². The standard InChI is InChI=1S/C13H20O2/c1-2-7-14-13(6-1)15-12-8-10-4-3-5-11(10)9-12/h3-4,10-13H,1-2,5-9H2. The number of allylic oxidation sites excluding steroid dienone is 2. The Morgan fingerprint density at radius 1 is 1.20 bits per heavy atom. The van der Waals surface area contributed by atoms with Crippen LogP contribution in [0.2, 0.25) is 0 Å². The van der Waals surface area contributed by atoms with Gasteiger partial charge in [-0.05, 0) is 50.4 Å². The van der Waals surface area contributed by atoms with Crippen LogP contribution in [0.5, 0.6) is 0 Å². The minimum absolute atomic E-state index is 0.103. The van der Waals surface area contributed by atoms with E-state index in [0.717, 1.165) is 24.9 Å². The molecule has 84 valence electrons. The molecule has 3 aliphatic rings. The third kappa shape index (κ3) is 2.11. The quantitative estimate of drug-likeness (QED) is 0.650. The minimum Gasteiger partial charge on any atom is -0.353 e. The van der Waals surface area contributed by atoms with E-state index in [9.17, 15) is 0 Å². The Bertz CT molecular complexity index is 243. The van der Waals surface area contributed by atoms with E-state index in [4.69, 9.17) is 9.47 Å². The molecule has 0 amide bonds. The largest absolute Gasteiger partial charge is 0.353 e. The van der Waals surface area contributed by atoms with Gasteiger partial charge in [0, 0.05) is 6.61 Å². The van der Waals surface area contributed by atoms with Gasteiger partial charge in [-0.1, -0.05) is 12.2 Å². The number of fused-ring (bicyclic) bond motifs is 1. The number of hydrogen-bond donors (Lipinski definition) is 0. The zero-order chi connectivity index (χ0) is 10.1. The van der Waals surface area contributed by atoms with Gasteiger partial charge in [-0.3, -0.25) is 0 Å². The highest BCUT2D eigenvalue weighted by Gasteiger charge is 2.36. The van der Waals surface area contributed by atoms with Gasteiger partial charge in [0.2, 0.25) is 0 Å². The minimum atomic E-state index is 0.103. The Balaban J connectivity index is 1.50. The Morgan fingerprint density at radius 3 is 3.00 bits per heavy atom. The second-order valence-corrected chi connectivity index (χ2v) is 5.11. The van der Waals surface area contributed by atoms with Crippen LogP contribution in [0.4, 0.5) is 0 Å². The lowest BCUT2D eigenvalue weighted by Gasteiger charge is -2.26. The summed E-state index contributed by atoms with van der Waals surface area (Å²) >= 11 is 0. The average molecular weight is 208 g/mol. The van der Waals surface area contributed by atoms with Gasteiger partial charge in [-0.25, -0.2) is 0 Å². The van der Waals surface area contributed by atoms with Crippen molar-refractivity contribution in [1.82, 2.24) is 0 Å². The first-order chi connectivity index (χ1) is 7.42. The summed E-state index contributed by atoms with van der Waals surface area (Å²) in [6.45, 7) is 0.893. The highest BCUT2D eigenvalue weighted by atomic mass is 16.7. The van der Waals surface area contributed by atoms with Gasteiger partial charge in [0.1, 0.15) is 0 Å². The van der Waals surface area contributed by atoms with Crippen LogP contribution in [0.3, 0.4) is 0 Å². The lowest BCUT2D eigenvalue weighted by molar-refractivity contribution is -0.187. The van der Waals surface area contributed by atoms with Gasteiger partial charge in [0.25, 0.3) is 0 Å². The van der Waals surface area contributed by atoms with Crippen LogP contribution in [0.1, 0.15) is 38.5 Å². The first-order valence-electron chi connectivity index (χ1n) is 6.35. The van der Waals surface area contributed by atoms with Crippen LogP contribution in [-0.2, 0) is 9.47 Å². The zero-order valence-electron chi connectivity index (χ0n) is 9.23. The fraction of sp³-hybridized carbons (Fsp3) is 0.846. The summed E-state index contributed by atoms with van der Waals surface area (Å²) in [7, 11) is 0. The molecule has 0 spiro atoms. The first-order valence-corrected chi connectivity index (χ1v) is 6.35. The maximum atomic E-state index is 6.03. The maximum absolute atomic E-state index is 6.03. The molecule has 0 aromatic heterocycles. The van der Waals surface area contributed by atoms with Gasteiger partial charge >= 0.3 is 0 Å². The summed E-state index contributed by atoms with van der Waals surface area (Å²) in [5.41, 5.74) is 0. The topological polar surface area (TPSA) is 18.5 Å². The van der Waals surface area contributed by atoms with E-state index >= 15 is 0 Å². The van der Waals surface area contributed by atoms with Crippen molar-refractivity contribution in [2.45, 2.75) is 50.9 Å². The lowest BCUT2D eigenvalue weighted by Crippen LogP contribution is -2.26. The molecule has 3 rings (SSSR count). The molecule has 0 N–H and O–H groups in total. The molecule has 0 aromatic carbocycles. The predicted molar refractivity (Wildman–Crippen MR) is 58.4 cm³/mol. The number of ether oxygens (including phenoxy) is 2. The van der Waals surface area contributed by atoms with Crippen molar-refractivity contribution in [3.8, 4) is 0 Å². The molecule has 2 heteroatoms. The van der Waals surface area contributed by atoms with Crippen molar-refractivity contribution < 1.29 is 9.47 Å². The molecule has 2 fully saturated rings. The molecule has 1 heterocycles. The van der Waals surface area contributed by atoms with Crippen molar-refractivity contribution in [1.29, 1.82) is 0 Å². The van der Waals surface area contributed by atoms with Crippen molar-refractivity contribution in [3.63, 3.8) is 0 Å². The summed E-state index contributed by atoms with van der Waals surface area (Å²) in [5.74, 6) is 1.68. The number of hydrogen-bond acceptors (Lipinski definition) is 2. The Morgan fingerprint density at radius 2 is 2.20 bits per heavy atom. The third-order valence-electron chi connectivity index (χ3n) is 4.01. The van der Waals surface area contributed by atoms with Crippen LogP contribution in [-0.4, -0.2) is 19.0 Å². The summed E-state index contributed by atoms with van der Waals surface area (Å²) in [6.07, 6.45) is 12.6. The highest BCUT2D eigenvalue weighted by molar-refractivity contribution is 5.06. The Hall–Kier alpha value is -0.340. The fourth-order valence-electron chi connectivity index (χ4n) is 3.18. The van der Waals surface area contributed by atoms with E-state index in [2.05, 4.69) is 12.2 Å². The monoisotopic (exact) mass is 208 g/mol. The molecule has 15 heavy (non-hydrogen) atoms. The molecule has 0 aromatic rings. The molecule has 4 unspecified atom stereocenters. The molecular weight excluding hydrogens is 188 g/mol. The first kappa shape index (κ1) is 9.86. The van der Waals surface area contributed by atoms with E-state index in [1.807, 2.05) is 0 Å². The Kier molecular flexibility index (Phi) is 2.80. The molecule has 1 saturated heterocycles. The van der Waals surface area contributed by atoms with Gasteiger partial charge in [0.05, 0.1) is 6.10 Å². The molecule has 1 aliphatic heterocycles. The van der Waals surface area contributed by atoms with Gasteiger partial charge < -0.3 is 9.47 Å². The Labute approximate surface area is 91.6 Å². The van der Waals surface area contributed by atoms with Gasteiger partial charge in [0.15, 0.2) is 6.29 Å². The zero-order valence-corrected chi connectivity index (χ0v) is 9.23. The fourth-order valence-corrected chi connectivity index (χ4v) is 3.18. The molecule has 2 nitrogen and oxygen atoms in total. The molecule has 0 bridgehead atoms. The average Bonchev–Trinajstić information content (AvgIpc) is 2.79. The van der Waals surface area contributed by atoms with Crippen molar-refractivity contribution in [2.75, 3.05) is 6.61 Å². The normalized spacial score (nSPS) is 44.5. The van der Waals surface area contributed by atoms with Crippen LogP contribution in [0.25, 0.3) is 0 Å². The third-order valence-corrected chi connectivity index (χ3v) is 4.01. The second kappa shape index (κ2) is 4.26. The van der Waals surface area contributed by atoms with Crippen LogP contribution < -0.4 is 0 Å². The van der Waals surface area contributed by atoms with Gasteiger partial charge in [-0.2, -0.15) is 0 Å². The molecular formula is C13H20O2. The maximum Gasteiger partial charge on any atom is 0.157 e. The molecule has 0 radical (unpaired) electrons. The highest BCUT2D eigenvalue weighted by Crippen LogP contribution is 2.41. The second-order valence-electron chi connectivity index (χ2n) is 5.11. The lowest BCUT2D eigenvalue weighted by atomic mass is 10.0.